The summed E-state index contributed by atoms with van der Waals surface area (Å²) < 4.78 is 10.1. The van der Waals surface area contributed by atoms with E-state index in [1.54, 1.807) is 14.2 Å². The maximum absolute atomic E-state index is 5.07. The monoisotopic (exact) mass is 173 g/mol. The van der Waals surface area contributed by atoms with E-state index in [1.807, 2.05) is 0 Å². The summed E-state index contributed by atoms with van der Waals surface area (Å²) in [6.07, 6.45) is 2.64. The molecule has 1 aliphatic carbocycles. The zero-order chi connectivity index (χ0) is 8.97. The van der Waals surface area contributed by atoms with Crippen molar-refractivity contribution in [1.82, 2.24) is 5.32 Å². The van der Waals surface area contributed by atoms with Crippen LogP contribution >= 0.6 is 0 Å². The maximum atomic E-state index is 5.07. The van der Waals surface area contributed by atoms with Crippen LogP contribution in [0.15, 0.2) is 0 Å². The Bertz CT molecular complexity index is 120. The Hall–Kier alpha value is -0.120. The van der Waals surface area contributed by atoms with E-state index in [4.69, 9.17) is 9.47 Å². The van der Waals surface area contributed by atoms with Gasteiger partial charge in [0.15, 0.2) is 6.29 Å². The molecule has 0 aromatic carbocycles. The third-order valence-corrected chi connectivity index (χ3v) is 2.46. The first-order valence-corrected chi connectivity index (χ1v) is 4.57. The van der Waals surface area contributed by atoms with Crippen molar-refractivity contribution in [3.05, 3.63) is 0 Å². The summed E-state index contributed by atoms with van der Waals surface area (Å²) in [6.45, 7) is 3.00. The number of rotatable bonds is 6. The van der Waals surface area contributed by atoms with Crippen molar-refractivity contribution in [2.45, 2.75) is 32.1 Å². The van der Waals surface area contributed by atoms with Crippen LogP contribution in [0.5, 0.6) is 0 Å². The standard InChI is InChI=1S/C9H19NO2/c1-7(8-4-5-8)10-6-9(11-2)12-3/h7-10H,4-6H2,1-3H3. The van der Waals surface area contributed by atoms with Crippen LogP contribution in [0, 0.1) is 5.92 Å². The van der Waals surface area contributed by atoms with Crippen molar-refractivity contribution in [2.24, 2.45) is 5.92 Å². The lowest BCUT2D eigenvalue weighted by Crippen LogP contribution is -2.36. The van der Waals surface area contributed by atoms with Gasteiger partial charge in [0.1, 0.15) is 0 Å². The summed E-state index contributed by atoms with van der Waals surface area (Å²) in [5.41, 5.74) is 0. The van der Waals surface area contributed by atoms with Crippen LogP contribution in [0.1, 0.15) is 19.8 Å². The minimum Gasteiger partial charge on any atom is -0.355 e. The van der Waals surface area contributed by atoms with Crippen LogP contribution in [-0.2, 0) is 9.47 Å². The molecule has 3 heteroatoms. The highest BCUT2D eigenvalue weighted by atomic mass is 16.7. The van der Waals surface area contributed by atoms with Crippen LogP contribution < -0.4 is 5.32 Å². The molecular weight excluding hydrogens is 154 g/mol. The molecule has 0 radical (unpaired) electrons. The molecule has 1 saturated carbocycles. The predicted octanol–water partition coefficient (Wildman–Crippen LogP) is 0.993. The van der Waals surface area contributed by atoms with Crippen LogP contribution in [0.3, 0.4) is 0 Å². The summed E-state index contributed by atoms with van der Waals surface area (Å²) in [5, 5.41) is 3.40. The third-order valence-electron chi connectivity index (χ3n) is 2.46. The van der Waals surface area contributed by atoms with Gasteiger partial charge >= 0.3 is 0 Å². The molecule has 0 spiro atoms. The molecule has 0 heterocycles. The molecule has 0 amide bonds. The van der Waals surface area contributed by atoms with Crippen molar-refractivity contribution >= 4 is 0 Å². The second-order valence-corrected chi connectivity index (χ2v) is 3.44. The fourth-order valence-corrected chi connectivity index (χ4v) is 1.31. The molecule has 3 nitrogen and oxygen atoms in total. The van der Waals surface area contributed by atoms with Crippen LogP contribution in [0.2, 0.25) is 0 Å². The number of hydrogen-bond donors (Lipinski definition) is 1. The van der Waals surface area contributed by atoms with Gasteiger partial charge in [-0.15, -0.1) is 0 Å². The van der Waals surface area contributed by atoms with Crippen LogP contribution in [-0.4, -0.2) is 33.1 Å². The fraction of sp³-hybridized carbons (Fsp3) is 1.00. The van der Waals surface area contributed by atoms with E-state index in [-0.39, 0.29) is 6.29 Å². The average molecular weight is 173 g/mol. The van der Waals surface area contributed by atoms with Gasteiger partial charge in [-0.1, -0.05) is 0 Å². The Balaban J connectivity index is 2.05. The fourth-order valence-electron chi connectivity index (χ4n) is 1.31. The smallest absolute Gasteiger partial charge is 0.169 e. The lowest BCUT2D eigenvalue weighted by molar-refractivity contribution is -0.0999. The van der Waals surface area contributed by atoms with Crippen LogP contribution in [0.25, 0.3) is 0 Å². The summed E-state index contributed by atoms with van der Waals surface area (Å²) in [6, 6.07) is 0.609. The zero-order valence-corrected chi connectivity index (χ0v) is 8.17. The molecule has 1 fully saturated rings. The van der Waals surface area contributed by atoms with Gasteiger partial charge in [0.2, 0.25) is 0 Å². The van der Waals surface area contributed by atoms with E-state index in [0.29, 0.717) is 6.04 Å². The second-order valence-electron chi connectivity index (χ2n) is 3.44. The normalized spacial score (nSPS) is 20.0. The quantitative estimate of drug-likeness (QED) is 0.608. The number of ether oxygens (including phenoxy) is 2. The molecule has 1 atom stereocenters. The van der Waals surface area contributed by atoms with Crippen molar-refractivity contribution in [1.29, 1.82) is 0 Å². The van der Waals surface area contributed by atoms with Gasteiger partial charge in [0, 0.05) is 26.8 Å². The lowest BCUT2D eigenvalue weighted by Gasteiger charge is -2.17. The number of methoxy groups -OCH3 is 2. The molecule has 0 aliphatic heterocycles. The molecule has 1 N–H and O–H groups in total. The highest BCUT2D eigenvalue weighted by molar-refractivity contribution is 4.83. The lowest BCUT2D eigenvalue weighted by atomic mass is 10.2. The first kappa shape index (κ1) is 9.96. The second kappa shape index (κ2) is 4.80. The van der Waals surface area contributed by atoms with Crippen molar-refractivity contribution in [3.8, 4) is 0 Å². The Morgan fingerprint density at radius 3 is 2.33 bits per heavy atom. The summed E-state index contributed by atoms with van der Waals surface area (Å²) in [7, 11) is 3.33. The van der Waals surface area contributed by atoms with Gasteiger partial charge in [0.05, 0.1) is 0 Å². The molecule has 0 aromatic heterocycles. The molecule has 72 valence electrons. The van der Waals surface area contributed by atoms with E-state index < -0.39 is 0 Å². The Labute approximate surface area is 74.4 Å². The summed E-state index contributed by atoms with van der Waals surface area (Å²) in [4.78, 5) is 0. The maximum Gasteiger partial charge on any atom is 0.169 e. The molecule has 0 bridgehead atoms. The molecule has 0 aromatic rings. The van der Waals surface area contributed by atoms with E-state index >= 15 is 0 Å². The van der Waals surface area contributed by atoms with Crippen molar-refractivity contribution in [2.75, 3.05) is 20.8 Å². The molecule has 1 aliphatic rings. The summed E-state index contributed by atoms with van der Waals surface area (Å²) in [5.74, 6) is 0.888. The molecular formula is C9H19NO2. The van der Waals surface area contributed by atoms with Gasteiger partial charge in [-0.05, 0) is 25.7 Å². The van der Waals surface area contributed by atoms with Crippen LogP contribution in [0.4, 0.5) is 0 Å². The minimum absolute atomic E-state index is 0.105. The largest absolute Gasteiger partial charge is 0.355 e. The third kappa shape index (κ3) is 3.09. The Morgan fingerprint density at radius 2 is 1.92 bits per heavy atom. The van der Waals surface area contributed by atoms with Gasteiger partial charge < -0.3 is 14.8 Å². The molecule has 12 heavy (non-hydrogen) atoms. The zero-order valence-electron chi connectivity index (χ0n) is 8.17. The van der Waals surface area contributed by atoms with Gasteiger partial charge in [-0.2, -0.15) is 0 Å². The first-order valence-electron chi connectivity index (χ1n) is 4.57. The minimum atomic E-state index is -0.105. The van der Waals surface area contributed by atoms with E-state index in [9.17, 15) is 0 Å². The van der Waals surface area contributed by atoms with E-state index in [1.165, 1.54) is 12.8 Å². The van der Waals surface area contributed by atoms with Gasteiger partial charge in [-0.3, -0.25) is 0 Å². The average Bonchev–Trinajstić information content (AvgIpc) is 2.88. The van der Waals surface area contributed by atoms with Crippen molar-refractivity contribution in [3.63, 3.8) is 0 Å². The summed E-state index contributed by atoms with van der Waals surface area (Å²) >= 11 is 0. The SMILES string of the molecule is COC(CNC(C)C1CC1)OC. The highest BCUT2D eigenvalue weighted by Crippen LogP contribution is 2.32. The molecule has 1 unspecified atom stereocenters. The van der Waals surface area contributed by atoms with Gasteiger partial charge in [-0.25, -0.2) is 0 Å². The Morgan fingerprint density at radius 1 is 1.33 bits per heavy atom. The van der Waals surface area contributed by atoms with Gasteiger partial charge in [0.25, 0.3) is 0 Å². The van der Waals surface area contributed by atoms with E-state index in [0.717, 1.165) is 12.5 Å². The highest BCUT2D eigenvalue weighted by Gasteiger charge is 2.27. The van der Waals surface area contributed by atoms with Crippen molar-refractivity contribution < 1.29 is 9.47 Å². The number of hydrogen-bond acceptors (Lipinski definition) is 3. The number of nitrogens with one attached hydrogen (secondary N) is 1. The Kier molecular flexibility index (Phi) is 3.98. The predicted molar refractivity (Wildman–Crippen MR) is 48.0 cm³/mol. The van der Waals surface area contributed by atoms with E-state index in [2.05, 4.69) is 12.2 Å². The molecule has 0 saturated heterocycles. The topological polar surface area (TPSA) is 30.5 Å². The first-order chi connectivity index (χ1) is 5.77. The molecule has 1 rings (SSSR count).